The summed E-state index contributed by atoms with van der Waals surface area (Å²) in [6.45, 7) is 1.52. The van der Waals surface area contributed by atoms with E-state index < -0.39 is 48.1 Å². The predicted molar refractivity (Wildman–Crippen MR) is 114 cm³/mol. The number of aliphatic hydroxyl groups is 1. The van der Waals surface area contributed by atoms with E-state index in [1.54, 1.807) is 10.2 Å². The second-order valence-electron chi connectivity index (χ2n) is 7.44. The Labute approximate surface area is 197 Å². The van der Waals surface area contributed by atoms with Crippen LogP contribution in [0.5, 0.6) is 0 Å². The third-order valence-corrected chi connectivity index (χ3v) is 7.94. The molecule has 1 heterocycles. The minimum absolute atomic E-state index is 0.197. The van der Waals surface area contributed by atoms with Crippen LogP contribution in [-0.4, -0.2) is 55.1 Å². The first-order valence-corrected chi connectivity index (χ1v) is 11.6. The van der Waals surface area contributed by atoms with Gasteiger partial charge in [0.1, 0.15) is 0 Å². The standard InChI is InChI=1S/C20H17Cl2F3N2O5S/c1-19(30,20(23,24)25)18(29)26-13-7-8-14(16(22)15(13)21)33(31,32)12-5-3-11(4-6-12)17(28)27-9-2-10-27/h3-8,30H,2,9-10H2,1H3,(H,26,29)/t19-/m1/s1. The third kappa shape index (κ3) is 4.68. The van der Waals surface area contributed by atoms with Crippen LogP contribution in [0.15, 0.2) is 46.2 Å². The van der Waals surface area contributed by atoms with Crippen LogP contribution < -0.4 is 5.32 Å². The minimum atomic E-state index is -5.26. The fourth-order valence-corrected chi connectivity index (χ4v) is 4.89. The average molecular weight is 525 g/mol. The Morgan fingerprint density at radius 3 is 2.09 bits per heavy atom. The summed E-state index contributed by atoms with van der Waals surface area (Å²) in [4.78, 5) is 25.1. The van der Waals surface area contributed by atoms with E-state index in [1.807, 2.05) is 0 Å². The van der Waals surface area contributed by atoms with Crippen molar-refractivity contribution in [2.24, 2.45) is 0 Å². The van der Waals surface area contributed by atoms with Gasteiger partial charge in [-0.25, -0.2) is 8.42 Å². The van der Waals surface area contributed by atoms with Crippen LogP contribution >= 0.6 is 23.2 Å². The molecule has 3 rings (SSSR count). The number of rotatable bonds is 5. The van der Waals surface area contributed by atoms with E-state index in [0.717, 1.165) is 18.6 Å². The van der Waals surface area contributed by atoms with Crippen molar-refractivity contribution < 1.29 is 36.3 Å². The predicted octanol–water partition coefficient (Wildman–Crippen LogP) is 3.92. The molecule has 1 aliphatic rings. The highest BCUT2D eigenvalue weighted by atomic mass is 35.5. The topological polar surface area (TPSA) is 104 Å². The van der Waals surface area contributed by atoms with E-state index in [9.17, 15) is 36.3 Å². The smallest absolute Gasteiger partial charge is 0.373 e. The molecule has 1 aliphatic heterocycles. The number of alkyl halides is 3. The van der Waals surface area contributed by atoms with Gasteiger partial charge >= 0.3 is 6.18 Å². The Balaban J connectivity index is 1.88. The van der Waals surface area contributed by atoms with Crippen molar-refractivity contribution >= 4 is 50.5 Å². The molecule has 2 aromatic rings. The average Bonchev–Trinajstić information content (AvgIpc) is 2.69. The van der Waals surface area contributed by atoms with Crippen LogP contribution in [0.1, 0.15) is 23.7 Å². The van der Waals surface area contributed by atoms with E-state index >= 15 is 0 Å². The number of halogens is 5. The lowest BCUT2D eigenvalue weighted by Crippen LogP contribution is -2.52. The van der Waals surface area contributed by atoms with Crippen molar-refractivity contribution in [1.82, 2.24) is 4.90 Å². The van der Waals surface area contributed by atoms with E-state index in [4.69, 9.17) is 23.2 Å². The molecule has 0 aliphatic carbocycles. The second kappa shape index (κ2) is 8.79. The number of likely N-dealkylation sites (tertiary alicyclic amines) is 1. The highest BCUT2D eigenvalue weighted by Gasteiger charge is 2.55. The highest BCUT2D eigenvalue weighted by Crippen LogP contribution is 2.39. The van der Waals surface area contributed by atoms with Gasteiger partial charge in [-0.3, -0.25) is 9.59 Å². The maximum Gasteiger partial charge on any atom is 0.426 e. The number of hydrogen-bond donors (Lipinski definition) is 2. The third-order valence-electron chi connectivity index (χ3n) is 5.13. The Kier molecular flexibility index (Phi) is 6.73. The van der Waals surface area contributed by atoms with E-state index in [2.05, 4.69) is 0 Å². The van der Waals surface area contributed by atoms with Crippen LogP contribution in [0, 0.1) is 0 Å². The first kappa shape index (κ1) is 25.3. The maximum absolute atomic E-state index is 13.0. The Morgan fingerprint density at radius 2 is 1.61 bits per heavy atom. The van der Waals surface area contributed by atoms with Gasteiger partial charge in [0.2, 0.25) is 15.4 Å². The second-order valence-corrected chi connectivity index (χ2v) is 10.1. The molecule has 0 saturated carbocycles. The van der Waals surface area contributed by atoms with Crippen LogP contribution in [0.3, 0.4) is 0 Å². The van der Waals surface area contributed by atoms with Gasteiger partial charge in [-0.2, -0.15) is 13.2 Å². The molecule has 2 N–H and O–H groups in total. The Bertz CT molecular complexity index is 1210. The van der Waals surface area contributed by atoms with Crippen LogP contribution in [0.2, 0.25) is 10.0 Å². The number of sulfone groups is 1. The zero-order valence-corrected chi connectivity index (χ0v) is 19.2. The summed E-state index contributed by atoms with van der Waals surface area (Å²) in [5.41, 5.74) is -3.83. The van der Waals surface area contributed by atoms with Gasteiger partial charge in [0.25, 0.3) is 11.8 Å². The molecule has 0 bridgehead atoms. The molecule has 13 heteroatoms. The van der Waals surface area contributed by atoms with Crippen molar-refractivity contribution in [3.63, 3.8) is 0 Å². The SMILES string of the molecule is C[C@@](O)(C(=O)Nc1ccc(S(=O)(=O)c2ccc(C(=O)N3CCC3)cc2)c(Cl)c1Cl)C(F)(F)F. The molecule has 178 valence electrons. The van der Waals surface area contributed by atoms with Crippen molar-refractivity contribution in [2.75, 3.05) is 18.4 Å². The van der Waals surface area contributed by atoms with Gasteiger partial charge in [0.15, 0.2) is 0 Å². The summed E-state index contributed by atoms with van der Waals surface area (Å²) in [5.74, 6) is -2.05. The summed E-state index contributed by atoms with van der Waals surface area (Å²) >= 11 is 12.1. The zero-order valence-electron chi connectivity index (χ0n) is 16.9. The molecule has 2 aromatic carbocycles. The molecule has 0 radical (unpaired) electrons. The molecule has 0 spiro atoms. The van der Waals surface area contributed by atoms with Crippen molar-refractivity contribution in [2.45, 2.75) is 34.9 Å². The quantitative estimate of drug-likeness (QED) is 0.616. The molecule has 1 fully saturated rings. The summed E-state index contributed by atoms with van der Waals surface area (Å²) in [7, 11) is -4.23. The number of carbonyl (C=O) groups excluding carboxylic acids is 2. The number of anilines is 1. The first-order valence-electron chi connectivity index (χ1n) is 9.41. The molecular formula is C20H17Cl2F3N2O5S. The molecule has 33 heavy (non-hydrogen) atoms. The highest BCUT2D eigenvalue weighted by molar-refractivity contribution is 7.91. The summed E-state index contributed by atoms with van der Waals surface area (Å²) in [5, 5.41) is 10.2. The molecule has 0 aromatic heterocycles. The van der Waals surface area contributed by atoms with E-state index in [1.165, 1.54) is 24.3 Å². The molecule has 1 saturated heterocycles. The molecule has 7 nitrogen and oxygen atoms in total. The van der Waals surface area contributed by atoms with E-state index in [0.29, 0.717) is 18.7 Å². The number of nitrogens with one attached hydrogen (secondary N) is 1. The molecule has 2 amide bonds. The number of amides is 2. The fourth-order valence-electron chi connectivity index (χ4n) is 2.81. The normalized spacial score (nSPS) is 16.0. The lowest BCUT2D eigenvalue weighted by atomic mass is 10.1. The monoisotopic (exact) mass is 524 g/mol. The Morgan fingerprint density at radius 1 is 1.03 bits per heavy atom. The van der Waals surface area contributed by atoms with Gasteiger partial charge in [0.05, 0.1) is 25.5 Å². The lowest BCUT2D eigenvalue weighted by molar-refractivity contribution is -0.242. The summed E-state index contributed by atoms with van der Waals surface area (Å²) in [6, 6.07) is 7.08. The van der Waals surface area contributed by atoms with Crippen molar-refractivity contribution in [3.8, 4) is 0 Å². The number of hydrogen-bond acceptors (Lipinski definition) is 5. The van der Waals surface area contributed by atoms with Gasteiger partial charge in [0, 0.05) is 18.7 Å². The summed E-state index contributed by atoms with van der Waals surface area (Å²) in [6.07, 6.45) is -4.36. The number of carbonyl (C=O) groups is 2. The van der Waals surface area contributed by atoms with Gasteiger partial charge in [-0.1, -0.05) is 23.2 Å². The van der Waals surface area contributed by atoms with E-state index in [-0.39, 0.29) is 17.7 Å². The Hall–Kier alpha value is -2.34. The fraction of sp³-hybridized carbons (Fsp3) is 0.300. The minimum Gasteiger partial charge on any atom is -0.373 e. The maximum atomic E-state index is 13.0. The van der Waals surface area contributed by atoms with Crippen LogP contribution in [-0.2, 0) is 14.6 Å². The first-order chi connectivity index (χ1) is 15.2. The zero-order chi connectivity index (χ0) is 24.8. The number of benzene rings is 2. The molecule has 1 atom stereocenters. The van der Waals surface area contributed by atoms with Gasteiger partial charge in [-0.05, 0) is 49.7 Å². The number of nitrogens with zero attached hydrogens (tertiary/aromatic N) is 1. The largest absolute Gasteiger partial charge is 0.426 e. The van der Waals surface area contributed by atoms with Gasteiger partial charge < -0.3 is 15.3 Å². The molecule has 0 unspecified atom stereocenters. The van der Waals surface area contributed by atoms with Crippen LogP contribution in [0.4, 0.5) is 18.9 Å². The lowest BCUT2D eigenvalue weighted by Gasteiger charge is -2.30. The summed E-state index contributed by atoms with van der Waals surface area (Å²) < 4.78 is 64.5. The van der Waals surface area contributed by atoms with Crippen LogP contribution in [0.25, 0.3) is 0 Å². The van der Waals surface area contributed by atoms with Crippen molar-refractivity contribution in [1.29, 1.82) is 0 Å². The van der Waals surface area contributed by atoms with Gasteiger partial charge in [-0.15, -0.1) is 0 Å². The molecular weight excluding hydrogens is 508 g/mol. The van der Waals surface area contributed by atoms with Crippen molar-refractivity contribution in [3.05, 3.63) is 52.0 Å².